The van der Waals surface area contributed by atoms with Crippen LogP contribution in [0.3, 0.4) is 0 Å². The second kappa shape index (κ2) is 7.40. The van der Waals surface area contributed by atoms with Crippen molar-refractivity contribution in [1.82, 2.24) is 0 Å². The first-order valence-corrected chi connectivity index (χ1v) is 8.06. The number of ether oxygens (including phenoxy) is 1. The Balaban J connectivity index is 2.59. The van der Waals surface area contributed by atoms with Crippen molar-refractivity contribution in [2.45, 2.75) is 45.2 Å². The predicted molar refractivity (Wildman–Crippen MR) is 75.5 cm³/mol. The molecule has 0 spiro atoms. The Kier molecular flexibility index (Phi) is 6.16. The van der Waals surface area contributed by atoms with Gasteiger partial charge in [-0.1, -0.05) is 37.3 Å². The topological polar surface area (TPSA) is 69.7 Å². The van der Waals surface area contributed by atoms with E-state index in [0.29, 0.717) is 5.56 Å². The van der Waals surface area contributed by atoms with Crippen LogP contribution in [0.15, 0.2) is 30.3 Å². The molecule has 0 saturated carbocycles. The van der Waals surface area contributed by atoms with E-state index in [0.717, 1.165) is 0 Å². The summed E-state index contributed by atoms with van der Waals surface area (Å²) in [7, 11) is -3.71. The number of hydrogen-bond donors (Lipinski definition) is 0. The Morgan fingerprint density at radius 2 is 1.75 bits per heavy atom. The summed E-state index contributed by atoms with van der Waals surface area (Å²) >= 11 is 0. The lowest BCUT2D eigenvalue weighted by Gasteiger charge is -2.20. The van der Waals surface area contributed by atoms with Gasteiger partial charge < -0.3 is 4.74 Å². The normalized spacial score (nSPS) is 14.6. The molecule has 0 unspecified atom stereocenters. The summed E-state index contributed by atoms with van der Waals surface area (Å²) in [6.45, 7) is 4.85. The number of hydrogen-bond acceptors (Lipinski definition) is 5. The first kappa shape index (κ1) is 16.7. The average molecular weight is 300 g/mol. The highest BCUT2D eigenvalue weighted by atomic mass is 32.2. The number of carbonyl (C=O) groups excluding carboxylic acids is 1. The van der Waals surface area contributed by atoms with E-state index in [1.165, 1.54) is 0 Å². The molecule has 112 valence electrons. The van der Waals surface area contributed by atoms with Gasteiger partial charge in [0.25, 0.3) is 10.1 Å². The van der Waals surface area contributed by atoms with Crippen molar-refractivity contribution >= 4 is 16.1 Å². The van der Waals surface area contributed by atoms with E-state index in [9.17, 15) is 13.2 Å². The molecule has 0 aliphatic carbocycles. The smallest absolute Gasteiger partial charge is 0.305 e. The summed E-state index contributed by atoms with van der Waals surface area (Å²) in [6.07, 6.45) is -1.10. The van der Waals surface area contributed by atoms with Crippen LogP contribution in [0.2, 0.25) is 0 Å². The van der Waals surface area contributed by atoms with Crippen LogP contribution in [-0.4, -0.2) is 26.6 Å². The molecule has 1 rings (SSSR count). The van der Waals surface area contributed by atoms with E-state index in [1.807, 2.05) is 6.07 Å². The minimum absolute atomic E-state index is 0.202. The fraction of sp³-hybridized carbons (Fsp3) is 0.500. The molecule has 0 aromatic heterocycles. The SMILES string of the molecule is CCC(=O)O[C@H](C)[C@H](C)OS(=O)(=O)Cc1ccccc1. The first-order chi connectivity index (χ1) is 9.34. The number of rotatable bonds is 7. The molecular weight excluding hydrogens is 280 g/mol. The maximum atomic E-state index is 11.9. The molecule has 0 aliphatic heterocycles. The predicted octanol–water partition coefficient (Wildman–Crippen LogP) is 2.26. The van der Waals surface area contributed by atoms with Crippen molar-refractivity contribution in [3.05, 3.63) is 35.9 Å². The summed E-state index contributed by atoms with van der Waals surface area (Å²) in [5.41, 5.74) is 0.651. The van der Waals surface area contributed by atoms with E-state index in [-0.39, 0.29) is 18.1 Å². The monoisotopic (exact) mass is 300 g/mol. The molecule has 0 fully saturated rings. The zero-order valence-electron chi connectivity index (χ0n) is 11.9. The Bertz CT molecular complexity index is 524. The number of benzene rings is 1. The van der Waals surface area contributed by atoms with Gasteiger partial charge in [0.1, 0.15) is 18.0 Å². The average Bonchev–Trinajstić information content (AvgIpc) is 2.38. The van der Waals surface area contributed by atoms with E-state index in [2.05, 4.69) is 0 Å². The standard InChI is InChI=1S/C14H20O5S/c1-4-14(15)18-11(2)12(3)19-20(16,17)10-13-8-6-5-7-9-13/h5-9,11-12H,4,10H2,1-3H3/t11-,12+/m1/s1. The van der Waals surface area contributed by atoms with Gasteiger partial charge in [0.15, 0.2) is 0 Å². The Labute approximate surface area is 120 Å². The highest BCUT2D eigenvalue weighted by molar-refractivity contribution is 7.85. The van der Waals surface area contributed by atoms with Gasteiger partial charge in [-0.2, -0.15) is 8.42 Å². The third-order valence-corrected chi connectivity index (χ3v) is 4.04. The quantitative estimate of drug-likeness (QED) is 0.570. The lowest BCUT2D eigenvalue weighted by atomic mass is 10.2. The summed E-state index contributed by atoms with van der Waals surface area (Å²) in [4.78, 5) is 11.2. The molecule has 0 aliphatic rings. The highest BCUT2D eigenvalue weighted by Gasteiger charge is 2.23. The van der Waals surface area contributed by atoms with E-state index in [4.69, 9.17) is 8.92 Å². The van der Waals surface area contributed by atoms with Gasteiger partial charge in [0, 0.05) is 6.42 Å². The molecule has 2 atom stereocenters. The van der Waals surface area contributed by atoms with Gasteiger partial charge in [-0.15, -0.1) is 0 Å². The first-order valence-electron chi connectivity index (χ1n) is 6.48. The minimum Gasteiger partial charge on any atom is -0.460 e. The molecule has 6 heteroatoms. The molecule has 0 amide bonds. The van der Waals surface area contributed by atoms with Crippen molar-refractivity contribution in [2.75, 3.05) is 0 Å². The second-order valence-electron chi connectivity index (χ2n) is 4.54. The van der Waals surface area contributed by atoms with Gasteiger partial charge in [-0.05, 0) is 19.4 Å². The third kappa shape index (κ3) is 5.71. The summed E-state index contributed by atoms with van der Waals surface area (Å²) in [5.74, 6) is -0.583. The Morgan fingerprint density at radius 3 is 2.30 bits per heavy atom. The zero-order chi connectivity index (χ0) is 15.2. The highest BCUT2D eigenvalue weighted by Crippen LogP contribution is 2.13. The lowest BCUT2D eigenvalue weighted by molar-refractivity contribution is -0.151. The molecule has 20 heavy (non-hydrogen) atoms. The van der Waals surface area contributed by atoms with Gasteiger partial charge in [0.05, 0.1) is 0 Å². The minimum atomic E-state index is -3.71. The molecule has 0 saturated heterocycles. The lowest BCUT2D eigenvalue weighted by Crippen LogP contribution is -2.31. The molecular formula is C14H20O5S. The maximum absolute atomic E-state index is 11.9. The van der Waals surface area contributed by atoms with Gasteiger partial charge in [0.2, 0.25) is 0 Å². The third-order valence-electron chi connectivity index (χ3n) is 2.75. The molecule has 1 aromatic rings. The van der Waals surface area contributed by atoms with Crippen LogP contribution < -0.4 is 0 Å². The Hall–Kier alpha value is -1.40. The second-order valence-corrected chi connectivity index (χ2v) is 6.13. The molecule has 0 N–H and O–H groups in total. The molecule has 5 nitrogen and oxygen atoms in total. The van der Waals surface area contributed by atoms with E-state index in [1.54, 1.807) is 45.0 Å². The van der Waals surface area contributed by atoms with Crippen molar-refractivity contribution in [3.63, 3.8) is 0 Å². The number of esters is 1. The van der Waals surface area contributed by atoms with Crippen molar-refractivity contribution < 1.29 is 22.1 Å². The largest absolute Gasteiger partial charge is 0.460 e. The summed E-state index contributed by atoms with van der Waals surface area (Å²) < 4.78 is 33.9. The number of carbonyl (C=O) groups is 1. The van der Waals surface area contributed by atoms with Crippen LogP contribution >= 0.6 is 0 Å². The molecule has 1 aromatic carbocycles. The van der Waals surface area contributed by atoms with Crippen LogP contribution in [0, 0.1) is 0 Å². The van der Waals surface area contributed by atoms with Gasteiger partial charge in [-0.3, -0.25) is 8.98 Å². The van der Waals surface area contributed by atoms with Crippen molar-refractivity contribution in [3.8, 4) is 0 Å². The van der Waals surface area contributed by atoms with Crippen LogP contribution in [0.25, 0.3) is 0 Å². The van der Waals surface area contributed by atoms with Gasteiger partial charge >= 0.3 is 5.97 Å². The van der Waals surface area contributed by atoms with Crippen molar-refractivity contribution in [2.24, 2.45) is 0 Å². The molecule has 0 radical (unpaired) electrons. The van der Waals surface area contributed by atoms with Crippen LogP contribution in [0.4, 0.5) is 0 Å². The van der Waals surface area contributed by atoms with Crippen molar-refractivity contribution in [1.29, 1.82) is 0 Å². The fourth-order valence-electron chi connectivity index (χ4n) is 1.51. The van der Waals surface area contributed by atoms with E-state index < -0.39 is 22.3 Å². The molecule has 0 heterocycles. The van der Waals surface area contributed by atoms with Crippen LogP contribution in [0.1, 0.15) is 32.8 Å². The fourth-order valence-corrected chi connectivity index (χ4v) is 2.80. The van der Waals surface area contributed by atoms with Crippen LogP contribution in [0.5, 0.6) is 0 Å². The van der Waals surface area contributed by atoms with E-state index >= 15 is 0 Å². The Morgan fingerprint density at radius 1 is 1.15 bits per heavy atom. The van der Waals surface area contributed by atoms with Crippen LogP contribution in [-0.2, 0) is 29.6 Å². The maximum Gasteiger partial charge on any atom is 0.305 e. The van der Waals surface area contributed by atoms with Gasteiger partial charge in [-0.25, -0.2) is 0 Å². The zero-order valence-corrected chi connectivity index (χ0v) is 12.7. The molecule has 0 bridgehead atoms. The summed E-state index contributed by atoms with van der Waals surface area (Å²) in [5, 5.41) is 0. The summed E-state index contributed by atoms with van der Waals surface area (Å²) in [6, 6.07) is 8.77.